The second-order valence-electron chi connectivity index (χ2n) is 4.61. The Morgan fingerprint density at radius 3 is 2.29 bits per heavy atom. The highest BCUT2D eigenvalue weighted by molar-refractivity contribution is 5.73. The van der Waals surface area contributed by atoms with E-state index in [1.165, 1.54) is 12.1 Å². The fourth-order valence-corrected chi connectivity index (χ4v) is 1.35. The van der Waals surface area contributed by atoms with Gasteiger partial charge in [-0.3, -0.25) is 14.9 Å². The minimum absolute atomic E-state index is 0.0474. The smallest absolute Gasteiger partial charge is 0.309 e. The number of rotatable bonds is 5. The van der Waals surface area contributed by atoms with Crippen molar-refractivity contribution < 1.29 is 14.8 Å². The van der Waals surface area contributed by atoms with Crippen molar-refractivity contribution in [2.75, 3.05) is 0 Å². The van der Waals surface area contributed by atoms with Crippen LogP contribution < -0.4 is 0 Å². The third kappa shape index (κ3) is 3.55. The molecule has 1 aromatic rings. The molecule has 0 unspecified atom stereocenters. The first-order valence-corrected chi connectivity index (χ1v) is 5.29. The summed E-state index contributed by atoms with van der Waals surface area (Å²) in [4.78, 5) is 20.9. The molecule has 0 aliphatic rings. The van der Waals surface area contributed by atoms with Crippen molar-refractivity contribution in [2.24, 2.45) is 5.41 Å². The summed E-state index contributed by atoms with van der Waals surface area (Å²) in [7, 11) is 0. The Labute approximate surface area is 99.2 Å². The largest absolute Gasteiger partial charge is 0.481 e. The first-order chi connectivity index (χ1) is 7.83. The predicted octanol–water partition coefficient (Wildman–Crippen LogP) is 2.64. The van der Waals surface area contributed by atoms with Crippen LogP contribution in [0.2, 0.25) is 0 Å². The average Bonchev–Trinajstić information content (AvgIpc) is 2.27. The monoisotopic (exact) mass is 237 g/mol. The van der Waals surface area contributed by atoms with Gasteiger partial charge in [0.2, 0.25) is 0 Å². The minimum atomic E-state index is -0.834. The highest BCUT2D eigenvalue weighted by Crippen LogP contribution is 2.23. The summed E-state index contributed by atoms with van der Waals surface area (Å²) in [5.41, 5.74) is 0.179. The van der Waals surface area contributed by atoms with E-state index in [1.807, 2.05) is 0 Å². The van der Waals surface area contributed by atoms with Crippen LogP contribution in [0, 0.1) is 15.5 Å². The molecule has 0 aromatic heterocycles. The molecule has 17 heavy (non-hydrogen) atoms. The Balaban J connectivity index is 2.65. The van der Waals surface area contributed by atoms with E-state index in [0.717, 1.165) is 5.56 Å². The van der Waals surface area contributed by atoms with E-state index in [2.05, 4.69) is 0 Å². The Kier molecular flexibility index (Phi) is 3.83. The molecule has 1 rings (SSSR count). The summed E-state index contributed by atoms with van der Waals surface area (Å²) in [6.07, 6.45) is 1.09. The van der Waals surface area contributed by atoms with Crippen LogP contribution in [0.1, 0.15) is 25.8 Å². The second-order valence-corrected chi connectivity index (χ2v) is 4.61. The summed E-state index contributed by atoms with van der Waals surface area (Å²) in [6, 6.07) is 6.19. The number of aliphatic carboxylic acids is 1. The average molecular weight is 237 g/mol. The van der Waals surface area contributed by atoms with Gasteiger partial charge in [0.1, 0.15) is 0 Å². The number of carbonyl (C=O) groups is 1. The molecule has 5 nitrogen and oxygen atoms in total. The van der Waals surface area contributed by atoms with Gasteiger partial charge in [-0.25, -0.2) is 0 Å². The molecule has 0 bridgehead atoms. The Morgan fingerprint density at radius 1 is 1.35 bits per heavy atom. The Hall–Kier alpha value is -1.91. The number of benzene rings is 1. The predicted molar refractivity (Wildman–Crippen MR) is 62.8 cm³/mol. The lowest BCUT2D eigenvalue weighted by Gasteiger charge is -2.18. The lowest BCUT2D eigenvalue weighted by atomic mass is 9.86. The van der Waals surface area contributed by atoms with Gasteiger partial charge in [-0.2, -0.15) is 0 Å². The number of hydrogen-bond acceptors (Lipinski definition) is 3. The van der Waals surface area contributed by atoms with Crippen molar-refractivity contribution in [3.63, 3.8) is 0 Å². The number of hydrogen-bond donors (Lipinski definition) is 1. The van der Waals surface area contributed by atoms with Crippen molar-refractivity contribution in [3.8, 4) is 0 Å². The molecule has 0 heterocycles. The molecular formula is C12H15NO4. The molecule has 0 saturated heterocycles. The summed E-state index contributed by atoms with van der Waals surface area (Å²) >= 11 is 0. The van der Waals surface area contributed by atoms with Crippen molar-refractivity contribution in [1.29, 1.82) is 0 Å². The summed E-state index contributed by atoms with van der Waals surface area (Å²) in [6.45, 7) is 3.33. The topological polar surface area (TPSA) is 80.4 Å². The number of aryl methyl sites for hydroxylation is 1. The number of nitro groups is 1. The maximum Gasteiger partial charge on any atom is 0.309 e. The van der Waals surface area contributed by atoms with E-state index < -0.39 is 16.3 Å². The first kappa shape index (κ1) is 13.2. The first-order valence-electron chi connectivity index (χ1n) is 5.29. The van der Waals surface area contributed by atoms with E-state index in [-0.39, 0.29) is 5.69 Å². The van der Waals surface area contributed by atoms with Crippen LogP contribution in [0.25, 0.3) is 0 Å². The number of nitro benzene ring substituents is 1. The van der Waals surface area contributed by atoms with Crippen LogP contribution in [-0.4, -0.2) is 16.0 Å². The van der Waals surface area contributed by atoms with Gasteiger partial charge in [-0.05, 0) is 32.3 Å². The highest BCUT2D eigenvalue weighted by Gasteiger charge is 2.26. The van der Waals surface area contributed by atoms with Gasteiger partial charge < -0.3 is 5.11 Å². The zero-order valence-electron chi connectivity index (χ0n) is 9.84. The fourth-order valence-electron chi connectivity index (χ4n) is 1.35. The highest BCUT2D eigenvalue weighted by atomic mass is 16.6. The van der Waals surface area contributed by atoms with Gasteiger partial charge in [0.15, 0.2) is 0 Å². The van der Waals surface area contributed by atoms with Crippen LogP contribution in [0.3, 0.4) is 0 Å². The van der Waals surface area contributed by atoms with Gasteiger partial charge in [0.05, 0.1) is 10.3 Å². The summed E-state index contributed by atoms with van der Waals surface area (Å²) < 4.78 is 0. The fraction of sp³-hybridized carbons (Fsp3) is 0.417. The third-order valence-electron chi connectivity index (χ3n) is 2.76. The standard InChI is InChI=1S/C12H15NO4/c1-12(2,11(14)15)8-7-9-3-5-10(6-4-9)13(16)17/h3-6H,7-8H2,1-2H3,(H,14,15). The number of carboxylic acid groups (broad SMARTS) is 1. The van der Waals surface area contributed by atoms with Crippen molar-refractivity contribution in [2.45, 2.75) is 26.7 Å². The Morgan fingerprint density at radius 2 is 1.88 bits per heavy atom. The number of non-ortho nitro benzene ring substituents is 1. The van der Waals surface area contributed by atoms with E-state index in [1.54, 1.807) is 26.0 Å². The van der Waals surface area contributed by atoms with E-state index in [4.69, 9.17) is 5.11 Å². The molecule has 0 radical (unpaired) electrons. The van der Waals surface area contributed by atoms with Crippen molar-refractivity contribution >= 4 is 11.7 Å². The molecule has 0 spiro atoms. The molecule has 0 saturated carbocycles. The molecule has 5 heteroatoms. The van der Waals surface area contributed by atoms with Gasteiger partial charge in [0.25, 0.3) is 5.69 Å². The molecule has 1 N–H and O–H groups in total. The Bertz CT molecular complexity index is 423. The van der Waals surface area contributed by atoms with Gasteiger partial charge in [0, 0.05) is 12.1 Å². The number of carboxylic acids is 1. The van der Waals surface area contributed by atoms with E-state index >= 15 is 0 Å². The normalized spacial score (nSPS) is 11.2. The molecule has 0 amide bonds. The zero-order valence-corrected chi connectivity index (χ0v) is 9.84. The van der Waals surface area contributed by atoms with E-state index in [9.17, 15) is 14.9 Å². The van der Waals surface area contributed by atoms with Crippen LogP contribution in [0.4, 0.5) is 5.69 Å². The zero-order chi connectivity index (χ0) is 13.1. The molecule has 1 aromatic carbocycles. The second kappa shape index (κ2) is 4.95. The van der Waals surface area contributed by atoms with Crippen LogP contribution in [0.5, 0.6) is 0 Å². The SMILES string of the molecule is CC(C)(CCc1ccc([N+](=O)[O-])cc1)C(=O)O. The summed E-state index contributed by atoms with van der Waals surface area (Å²) in [5.74, 6) is -0.834. The summed E-state index contributed by atoms with van der Waals surface area (Å²) in [5, 5.41) is 19.4. The maximum absolute atomic E-state index is 10.9. The van der Waals surface area contributed by atoms with Crippen molar-refractivity contribution in [3.05, 3.63) is 39.9 Å². The quantitative estimate of drug-likeness (QED) is 0.630. The van der Waals surface area contributed by atoms with Crippen LogP contribution in [0.15, 0.2) is 24.3 Å². The third-order valence-corrected chi connectivity index (χ3v) is 2.76. The molecule has 0 aliphatic heterocycles. The molecule has 92 valence electrons. The van der Waals surface area contributed by atoms with Crippen LogP contribution >= 0.6 is 0 Å². The lowest BCUT2D eigenvalue weighted by molar-refractivity contribution is -0.384. The lowest BCUT2D eigenvalue weighted by Crippen LogP contribution is -2.24. The molecule has 0 atom stereocenters. The minimum Gasteiger partial charge on any atom is -0.481 e. The number of nitrogens with zero attached hydrogens (tertiary/aromatic N) is 1. The van der Waals surface area contributed by atoms with E-state index in [0.29, 0.717) is 12.8 Å². The van der Waals surface area contributed by atoms with Crippen molar-refractivity contribution in [1.82, 2.24) is 0 Å². The molecular weight excluding hydrogens is 222 g/mol. The molecule has 0 fully saturated rings. The molecule has 0 aliphatic carbocycles. The van der Waals surface area contributed by atoms with Gasteiger partial charge in [-0.15, -0.1) is 0 Å². The van der Waals surface area contributed by atoms with Crippen LogP contribution in [-0.2, 0) is 11.2 Å². The van der Waals surface area contributed by atoms with Gasteiger partial charge >= 0.3 is 5.97 Å². The maximum atomic E-state index is 10.9. The van der Waals surface area contributed by atoms with Gasteiger partial charge in [-0.1, -0.05) is 12.1 Å².